The Bertz CT molecular complexity index is 1360. The van der Waals surface area contributed by atoms with Crippen LogP contribution in [0.5, 0.6) is 0 Å². The Balaban J connectivity index is 0.00000109. The molecular weight excluding hydrogens is 512 g/mol. The molecule has 1 aliphatic rings. The minimum atomic E-state index is -0.650. The number of aromatic nitrogens is 5. The van der Waals surface area contributed by atoms with E-state index in [1.165, 1.54) is 28.0 Å². The van der Waals surface area contributed by atoms with E-state index in [1.54, 1.807) is 38.4 Å². The average Bonchev–Trinajstić information content (AvgIpc) is 3.58. The number of aliphatic hydroxyl groups excluding tert-OH is 1. The van der Waals surface area contributed by atoms with E-state index in [2.05, 4.69) is 25.7 Å². The van der Waals surface area contributed by atoms with E-state index in [-0.39, 0.29) is 42.0 Å². The number of oxazole rings is 1. The molecule has 1 fully saturated rings. The first kappa shape index (κ1) is 35.8. The summed E-state index contributed by atoms with van der Waals surface area (Å²) >= 11 is 0. The van der Waals surface area contributed by atoms with Crippen LogP contribution in [-0.2, 0) is 0 Å². The van der Waals surface area contributed by atoms with Crippen LogP contribution in [0.2, 0.25) is 0 Å². The van der Waals surface area contributed by atoms with E-state index in [4.69, 9.17) is 15.3 Å². The lowest BCUT2D eigenvalue weighted by Crippen LogP contribution is -2.21. The van der Waals surface area contributed by atoms with Crippen LogP contribution in [0.15, 0.2) is 46.1 Å². The molecule has 0 aliphatic heterocycles. The molecule has 4 aromatic heterocycles. The van der Waals surface area contributed by atoms with Crippen molar-refractivity contribution in [1.29, 1.82) is 0 Å². The minimum absolute atomic E-state index is 0. The van der Waals surface area contributed by atoms with Gasteiger partial charge in [0, 0.05) is 19.3 Å². The molecule has 222 valence electrons. The Labute approximate surface area is 236 Å². The number of hydrogen-bond acceptors (Lipinski definition) is 9. The number of carbonyl (C=O) groups is 1. The molecule has 12 nitrogen and oxygen atoms in total. The van der Waals surface area contributed by atoms with E-state index in [0.29, 0.717) is 17.3 Å². The molecule has 5 rings (SSSR count). The molecule has 1 amide bonds. The van der Waals surface area contributed by atoms with Gasteiger partial charge in [-0.2, -0.15) is 14.6 Å². The number of primary amides is 1. The summed E-state index contributed by atoms with van der Waals surface area (Å²) in [5.41, 5.74) is 6.35. The molecule has 12 heteroatoms. The van der Waals surface area contributed by atoms with Gasteiger partial charge in [-0.25, -0.2) is 9.55 Å². The molecule has 0 spiro atoms. The fourth-order valence-electron chi connectivity index (χ4n) is 3.10. The van der Waals surface area contributed by atoms with Crippen molar-refractivity contribution in [3.8, 4) is 6.01 Å². The van der Waals surface area contributed by atoms with Crippen molar-refractivity contribution in [3.05, 3.63) is 58.5 Å². The number of nitrogens with two attached hydrogens (primary N) is 1. The van der Waals surface area contributed by atoms with Crippen LogP contribution >= 0.6 is 0 Å². The molecule has 40 heavy (non-hydrogen) atoms. The van der Waals surface area contributed by atoms with Crippen molar-refractivity contribution < 1.29 is 14.3 Å². The van der Waals surface area contributed by atoms with Crippen molar-refractivity contribution >= 4 is 28.9 Å². The number of aliphatic hydroxyl groups is 1. The van der Waals surface area contributed by atoms with E-state index in [1.807, 2.05) is 41.5 Å². The fraction of sp³-hybridized carbons (Fsp3) is 0.464. The van der Waals surface area contributed by atoms with Crippen LogP contribution in [0, 0.1) is 6.92 Å². The molecule has 0 aromatic carbocycles. The van der Waals surface area contributed by atoms with Crippen molar-refractivity contribution in [2.24, 2.45) is 5.73 Å². The maximum atomic E-state index is 12.8. The monoisotopic (exact) mass is 558 g/mol. The summed E-state index contributed by atoms with van der Waals surface area (Å²) < 4.78 is 8.02. The number of aryl methyl sites for hydroxylation is 1. The highest BCUT2D eigenvalue weighted by atomic mass is 16.4. The van der Waals surface area contributed by atoms with Crippen LogP contribution in [0.3, 0.4) is 0 Å². The maximum absolute atomic E-state index is 12.8. The second kappa shape index (κ2) is 18.2. The molecule has 0 unspecified atom stereocenters. The summed E-state index contributed by atoms with van der Waals surface area (Å²) in [6.07, 6.45) is 7.74. The number of pyridine rings is 1. The van der Waals surface area contributed by atoms with Gasteiger partial charge in [-0.15, -0.1) is 0 Å². The highest BCUT2D eigenvalue weighted by molar-refractivity contribution is 5.98. The van der Waals surface area contributed by atoms with Gasteiger partial charge in [0.2, 0.25) is 0 Å². The van der Waals surface area contributed by atoms with E-state index in [9.17, 15) is 9.59 Å². The molecule has 1 aliphatic carbocycles. The molecule has 0 radical (unpaired) electrons. The number of hydrogen-bond donors (Lipinski definition) is 4. The van der Waals surface area contributed by atoms with Crippen LogP contribution in [0.4, 0.5) is 17.3 Å². The summed E-state index contributed by atoms with van der Waals surface area (Å²) in [4.78, 5) is 32.9. The van der Waals surface area contributed by atoms with Gasteiger partial charge in [0.05, 0.1) is 18.0 Å². The highest BCUT2D eigenvalue weighted by Crippen LogP contribution is 2.21. The largest absolute Gasteiger partial charge is 0.431 e. The van der Waals surface area contributed by atoms with Gasteiger partial charge < -0.3 is 25.9 Å². The SMILES string of the molecule is C.CC.CC.CC.CNc1cc(Nc2cccn(-c3nc(C)co3)c2=O)nc2c(C(N)=O)cnn12.OC1CCC1. The summed E-state index contributed by atoms with van der Waals surface area (Å²) in [5, 5.41) is 18.5. The predicted octanol–water partition coefficient (Wildman–Crippen LogP) is 5.31. The van der Waals surface area contributed by atoms with Gasteiger partial charge >= 0.3 is 6.01 Å². The zero-order valence-electron chi connectivity index (χ0n) is 24.1. The molecular formula is C28H46N8O4. The van der Waals surface area contributed by atoms with Gasteiger partial charge in [-0.05, 0) is 38.3 Å². The second-order valence-electron chi connectivity index (χ2n) is 7.51. The second-order valence-corrected chi connectivity index (χ2v) is 7.51. The van der Waals surface area contributed by atoms with Crippen molar-refractivity contribution in [2.45, 2.75) is 81.3 Å². The highest BCUT2D eigenvalue weighted by Gasteiger charge is 2.16. The fourth-order valence-corrected chi connectivity index (χ4v) is 3.10. The lowest BCUT2D eigenvalue weighted by molar-refractivity contribution is 0.0949. The number of fused-ring (bicyclic) bond motifs is 1. The summed E-state index contributed by atoms with van der Waals surface area (Å²) in [6, 6.07) is 5.09. The van der Waals surface area contributed by atoms with Gasteiger partial charge in [0.25, 0.3) is 11.5 Å². The van der Waals surface area contributed by atoms with E-state index < -0.39 is 5.91 Å². The zero-order valence-corrected chi connectivity index (χ0v) is 24.1. The van der Waals surface area contributed by atoms with Crippen LogP contribution < -0.4 is 21.9 Å². The summed E-state index contributed by atoms with van der Waals surface area (Å²) in [5.74, 6) is 0.237. The smallest absolute Gasteiger partial charge is 0.308 e. The Morgan fingerprint density at radius 2 is 1.77 bits per heavy atom. The van der Waals surface area contributed by atoms with Crippen LogP contribution in [0.25, 0.3) is 11.7 Å². The Hall–Kier alpha value is -4.19. The van der Waals surface area contributed by atoms with Gasteiger partial charge in [-0.1, -0.05) is 49.0 Å². The Morgan fingerprint density at radius 1 is 1.15 bits per heavy atom. The van der Waals surface area contributed by atoms with Crippen molar-refractivity contribution in [1.82, 2.24) is 24.1 Å². The first-order valence-electron chi connectivity index (χ1n) is 13.3. The molecule has 5 N–H and O–H groups in total. The van der Waals surface area contributed by atoms with E-state index >= 15 is 0 Å². The topological polar surface area (TPSA) is 166 Å². The molecule has 0 saturated heterocycles. The molecule has 0 bridgehead atoms. The third-order valence-electron chi connectivity index (χ3n) is 5.09. The van der Waals surface area contributed by atoms with E-state index in [0.717, 1.165) is 12.8 Å². The van der Waals surface area contributed by atoms with Crippen LogP contribution in [-0.4, -0.2) is 48.3 Å². The third-order valence-corrected chi connectivity index (χ3v) is 5.09. The van der Waals surface area contributed by atoms with Gasteiger partial charge in [0.1, 0.15) is 29.1 Å². The van der Waals surface area contributed by atoms with Gasteiger partial charge in [-0.3, -0.25) is 9.59 Å². The van der Waals surface area contributed by atoms with Crippen molar-refractivity contribution in [2.75, 3.05) is 17.7 Å². The molecule has 4 aromatic rings. The zero-order chi connectivity index (χ0) is 29.5. The van der Waals surface area contributed by atoms with Gasteiger partial charge in [0.15, 0.2) is 5.65 Å². The maximum Gasteiger partial charge on any atom is 0.308 e. The van der Waals surface area contributed by atoms with Crippen molar-refractivity contribution in [3.63, 3.8) is 0 Å². The number of anilines is 3. The number of nitrogens with one attached hydrogen (secondary N) is 2. The summed E-state index contributed by atoms with van der Waals surface area (Å²) in [7, 11) is 1.70. The molecule has 1 saturated carbocycles. The lowest BCUT2D eigenvalue weighted by Gasteiger charge is -2.17. The number of nitrogens with zero attached hydrogens (tertiary/aromatic N) is 5. The Morgan fingerprint density at radius 3 is 2.25 bits per heavy atom. The summed E-state index contributed by atoms with van der Waals surface area (Å²) in [6.45, 7) is 13.8. The number of amides is 1. The minimum Gasteiger partial charge on any atom is -0.431 e. The number of carbonyl (C=O) groups excluding carboxylic acids is 1. The average molecular weight is 559 g/mol. The third kappa shape index (κ3) is 8.94. The molecule has 4 heterocycles. The predicted molar refractivity (Wildman–Crippen MR) is 162 cm³/mol. The first-order valence-corrected chi connectivity index (χ1v) is 13.3. The standard InChI is InChI=1S/C17H16N8O3.C4H8O.3C2H6.CH4/c1-9-8-28-17(21-9)24-5-3-4-11(16(24)27)22-12-6-13(19-2)25-15(23-12)10(7-20-25)14(18)26;5-4-2-1-3-4;3*1-2;/h3-8,19H,1-2H3,(H2,18,26)(H,22,23);4-5H,1-3H2;3*1-2H3;1H4. The number of rotatable bonds is 5. The quantitative estimate of drug-likeness (QED) is 0.254. The van der Waals surface area contributed by atoms with Crippen LogP contribution in [0.1, 0.15) is 84.3 Å². The normalized spacial score (nSPS) is 11.3. The molecule has 0 atom stereocenters. The Kier molecular flexibility index (Phi) is 16.3. The lowest BCUT2D eigenvalue weighted by atomic mass is 9.97. The first-order chi connectivity index (χ1) is 18.9.